The van der Waals surface area contributed by atoms with Crippen LogP contribution in [-0.4, -0.2) is 59.0 Å². The quantitative estimate of drug-likeness (QED) is 0.576. The van der Waals surface area contributed by atoms with Crippen molar-refractivity contribution in [3.63, 3.8) is 0 Å². The lowest BCUT2D eigenvalue weighted by molar-refractivity contribution is -0.125. The average Bonchev–Trinajstić information content (AvgIpc) is 2.80. The van der Waals surface area contributed by atoms with Crippen molar-refractivity contribution in [3.05, 3.63) is 35.9 Å². The molecule has 132 valence electrons. The molecule has 0 aliphatic carbocycles. The molecule has 0 saturated carbocycles. The summed E-state index contributed by atoms with van der Waals surface area (Å²) in [5.41, 5.74) is 0.499. The first-order valence-corrected chi connectivity index (χ1v) is 8.02. The molecule has 4 atom stereocenters. The van der Waals surface area contributed by atoms with Crippen LogP contribution < -0.4 is 10.6 Å². The monoisotopic (exact) mass is 336 g/mol. The summed E-state index contributed by atoms with van der Waals surface area (Å²) in [6.45, 7) is 3.72. The van der Waals surface area contributed by atoms with Crippen molar-refractivity contribution in [1.29, 1.82) is 0 Å². The van der Waals surface area contributed by atoms with Crippen molar-refractivity contribution in [2.75, 3.05) is 6.54 Å². The summed E-state index contributed by atoms with van der Waals surface area (Å²) in [4.78, 5) is 23.8. The third-order valence-corrected chi connectivity index (χ3v) is 3.80. The molecule has 2 rings (SSSR count). The molecule has 1 heterocycles. The van der Waals surface area contributed by atoms with E-state index in [9.17, 15) is 19.8 Å². The van der Waals surface area contributed by atoms with Crippen molar-refractivity contribution in [1.82, 2.24) is 10.6 Å². The summed E-state index contributed by atoms with van der Waals surface area (Å²) < 4.78 is 5.55. The van der Waals surface area contributed by atoms with Crippen LogP contribution in [-0.2, 0) is 9.53 Å². The molecule has 0 aromatic heterocycles. The predicted molar refractivity (Wildman–Crippen MR) is 87.3 cm³/mol. The zero-order valence-corrected chi connectivity index (χ0v) is 13.8. The highest BCUT2D eigenvalue weighted by atomic mass is 16.5. The minimum Gasteiger partial charge on any atom is -0.388 e. The zero-order chi connectivity index (χ0) is 17.7. The number of hydrogen-bond acceptors (Lipinski definition) is 5. The Labute approximate surface area is 141 Å². The van der Waals surface area contributed by atoms with E-state index in [1.54, 1.807) is 24.3 Å². The number of hydrogen-bond donors (Lipinski definition) is 4. The van der Waals surface area contributed by atoms with E-state index in [-0.39, 0.29) is 30.8 Å². The van der Waals surface area contributed by atoms with Gasteiger partial charge in [-0.05, 0) is 26.0 Å². The molecule has 7 nitrogen and oxygen atoms in total. The van der Waals surface area contributed by atoms with Gasteiger partial charge in [0.25, 0.3) is 5.91 Å². The van der Waals surface area contributed by atoms with Gasteiger partial charge in [0.2, 0.25) is 5.91 Å². The summed E-state index contributed by atoms with van der Waals surface area (Å²) in [6.07, 6.45) is -3.92. The van der Waals surface area contributed by atoms with E-state index in [2.05, 4.69) is 10.6 Å². The van der Waals surface area contributed by atoms with E-state index in [4.69, 9.17) is 4.74 Å². The van der Waals surface area contributed by atoms with Crippen LogP contribution in [0.15, 0.2) is 30.3 Å². The summed E-state index contributed by atoms with van der Waals surface area (Å²) in [5.74, 6) is -0.544. The van der Waals surface area contributed by atoms with Gasteiger partial charge in [-0.2, -0.15) is 0 Å². The maximum atomic E-state index is 12.0. The Balaban J connectivity index is 1.86. The Hall–Kier alpha value is -1.96. The predicted octanol–water partition coefficient (Wildman–Crippen LogP) is -0.180. The minimum atomic E-state index is -1.17. The first-order chi connectivity index (χ1) is 11.4. The maximum Gasteiger partial charge on any atom is 0.251 e. The Bertz CT molecular complexity index is 563. The largest absolute Gasteiger partial charge is 0.388 e. The number of aliphatic hydroxyl groups excluding tert-OH is 2. The summed E-state index contributed by atoms with van der Waals surface area (Å²) in [5, 5.41) is 25.4. The van der Waals surface area contributed by atoms with Gasteiger partial charge in [0.05, 0.1) is 12.5 Å². The van der Waals surface area contributed by atoms with Crippen LogP contribution in [0.2, 0.25) is 0 Å². The zero-order valence-electron chi connectivity index (χ0n) is 13.8. The maximum absolute atomic E-state index is 12.0. The van der Waals surface area contributed by atoms with Crippen LogP contribution in [0.5, 0.6) is 0 Å². The van der Waals surface area contributed by atoms with Crippen molar-refractivity contribution in [2.24, 2.45) is 0 Å². The van der Waals surface area contributed by atoms with Gasteiger partial charge in [0, 0.05) is 18.2 Å². The highest BCUT2D eigenvalue weighted by Gasteiger charge is 2.43. The summed E-state index contributed by atoms with van der Waals surface area (Å²) in [6, 6.07) is 8.65. The standard InChI is InChI=1S/C17H24N2O5/c1-10(2)19-14(20)8-12-15(21)16(22)13(24-12)9-18-17(23)11-6-4-3-5-7-11/h3-7,10,12-13,15-16,21-22H,8-9H2,1-2H3,(H,18,23)(H,19,20). The third-order valence-electron chi connectivity index (χ3n) is 3.80. The van der Waals surface area contributed by atoms with Gasteiger partial charge in [-0.3, -0.25) is 9.59 Å². The topological polar surface area (TPSA) is 108 Å². The fourth-order valence-corrected chi connectivity index (χ4v) is 2.61. The molecule has 0 radical (unpaired) electrons. The van der Waals surface area contributed by atoms with Crippen molar-refractivity contribution >= 4 is 11.8 Å². The van der Waals surface area contributed by atoms with Gasteiger partial charge < -0.3 is 25.6 Å². The highest BCUT2D eigenvalue weighted by Crippen LogP contribution is 2.23. The molecular formula is C17H24N2O5. The third kappa shape index (κ3) is 4.77. The second-order valence-electron chi connectivity index (χ2n) is 6.20. The van der Waals surface area contributed by atoms with Crippen LogP contribution in [0.4, 0.5) is 0 Å². The Morgan fingerprint density at radius 1 is 1.12 bits per heavy atom. The molecule has 1 aromatic rings. The molecule has 7 heteroatoms. The lowest BCUT2D eigenvalue weighted by Crippen LogP contribution is -2.40. The van der Waals surface area contributed by atoms with Crippen LogP contribution in [0, 0.1) is 0 Å². The molecule has 0 bridgehead atoms. The number of aliphatic hydroxyl groups is 2. The lowest BCUT2D eigenvalue weighted by Gasteiger charge is -2.16. The normalized spacial score (nSPS) is 26.4. The van der Waals surface area contributed by atoms with Gasteiger partial charge in [0.1, 0.15) is 18.3 Å². The van der Waals surface area contributed by atoms with Gasteiger partial charge in [-0.15, -0.1) is 0 Å². The van der Waals surface area contributed by atoms with E-state index in [1.807, 2.05) is 19.9 Å². The molecule has 0 spiro atoms. The fraction of sp³-hybridized carbons (Fsp3) is 0.529. The van der Waals surface area contributed by atoms with E-state index in [0.717, 1.165) is 0 Å². The molecule has 1 aliphatic rings. The molecule has 1 fully saturated rings. The van der Waals surface area contributed by atoms with Crippen LogP contribution >= 0.6 is 0 Å². The second kappa shape index (κ2) is 8.23. The molecule has 24 heavy (non-hydrogen) atoms. The molecule has 1 aliphatic heterocycles. The number of benzene rings is 1. The number of rotatable bonds is 6. The van der Waals surface area contributed by atoms with Crippen LogP contribution in [0.1, 0.15) is 30.6 Å². The first-order valence-electron chi connectivity index (χ1n) is 8.02. The van der Waals surface area contributed by atoms with Gasteiger partial charge in [0.15, 0.2) is 0 Å². The summed E-state index contributed by atoms with van der Waals surface area (Å²) in [7, 11) is 0. The van der Waals surface area contributed by atoms with E-state index >= 15 is 0 Å². The average molecular weight is 336 g/mol. The number of ether oxygens (including phenoxy) is 1. The Morgan fingerprint density at radius 3 is 2.38 bits per heavy atom. The van der Waals surface area contributed by atoms with E-state index in [1.165, 1.54) is 0 Å². The molecule has 2 amide bonds. The highest BCUT2D eigenvalue weighted by molar-refractivity contribution is 5.94. The van der Waals surface area contributed by atoms with Crippen molar-refractivity contribution in [3.8, 4) is 0 Å². The minimum absolute atomic E-state index is 0.0121. The Morgan fingerprint density at radius 2 is 1.75 bits per heavy atom. The molecule has 1 aromatic carbocycles. The number of carbonyl (C=O) groups is 2. The fourth-order valence-electron chi connectivity index (χ4n) is 2.61. The molecule has 4 unspecified atom stereocenters. The molecule has 4 N–H and O–H groups in total. The lowest BCUT2D eigenvalue weighted by atomic mass is 10.1. The number of amides is 2. The van der Waals surface area contributed by atoms with Crippen LogP contribution in [0.3, 0.4) is 0 Å². The van der Waals surface area contributed by atoms with E-state index in [0.29, 0.717) is 5.56 Å². The SMILES string of the molecule is CC(C)NC(=O)CC1OC(CNC(=O)c2ccccc2)C(O)C1O. The van der Waals surface area contributed by atoms with Crippen molar-refractivity contribution < 1.29 is 24.5 Å². The molecule has 1 saturated heterocycles. The number of nitrogens with one attached hydrogen (secondary N) is 2. The van der Waals surface area contributed by atoms with E-state index < -0.39 is 24.4 Å². The van der Waals surface area contributed by atoms with Gasteiger partial charge in [-0.25, -0.2) is 0 Å². The number of carbonyl (C=O) groups excluding carboxylic acids is 2. The van der Waals surface area contributed by atoms with Gasteiger partial charge in [-0.1, -0.05) is 18.2 Å². The van der Waals surface area contributed by atoms with Crippen molar-refractivity contribution in [2.45, 2.75) is 50.7 Å². The van der Waals surface area contributed by atoms with Gasteiger partial charge >= 0.3 is 0 Å². The van der Waals surface area contributed by atoms with Crippen LogP contribution in [0.25, 0.3) is 0 Å². The smallest absolute Gasteiger partial charge is 0.251 e. The molecular weight excluding hydrogens is 312 g/mol. The summed E-state index contributed by atoms with van der Waals surface area (Å²) >= 11 is 0. The first kappa shape index (κ1) is 18.4. The Kier molecular flexibility index (Phi) is 6.30. The second-order valence-corrected chi connectivity index (χ2v) is 6.20.